The summed E-state index contributed by atoms with van der Waals surface area (Å²) >= 11 is 8.90. The minimum Gasteiger partial charge on any atom is -0.486 e. The molecule has 0 unspecified atom stereocenters. The Morgan fingerprint density at radius 3 is 2.83 bits per heavy atom. The van der Waals surface area contributed by atoms with Crippen molar-refractivity contribution in [1.29, 1.82) is 0 Å². The molecule has 0 bridgehead atoms. The average Bonchev–Trinajstić information content (AvgIpc) is 2.54. The third kappa shape index (κ3) is 4.14. The number of nitrogens with one attached hydrogen (secondary N) is 1. The van der Waals surface area contributed by atoms with Crippen LogP contribution in [0.1, 0.15) is 0 Å². The van der Waals surface area contributed by atoms with Crippen molar-refractivity contribution >= 4 is 38.9 Å². The molecule has 3 rings (SSSR count). The van der Waals surface area contributed by atoms with E-state index >= 15 is 0 Å². The predicted molar refractivity (Wildman–Crippen MR) is 99.3 cm³/mol. The number of likely N-dealkylation sites (N-methyl/N-ethyl adjacent to an activating group) is 1. The molecule has 0 radical (unpaired) electrons. The van der Waals surface area contributed by atoms with Crippen molar-refractivity contribution in [1.82, 2.24) is 4.90 Å². The number of benzene rings is 2. The number of nitrogens with zero attached hydrogens (tertiary/aromatic N) is 1. The van der Waals surface area contributed by atoms with E-state index in [1.54, 1.807) is 0 Å². The van der Waals surface area contributed by atoms with Crippen LogP contribution < -0.4 is 14.8 Å². The molecule has 1 aliphatic rings. The summed E-state index contributed by atoms with van der Waals surface area (Å²) < 4.78 is 12.7. The summed E-state index contributed by atoms with van der Waals surface area (Å²) in [7, 11) is 1.94. The molecule has 2 aromatic rings. The summed E-state index contributed by atoms with van der Waals surface area (Å²) in [4.78, 5) is 1.96. The van der Waals surface area contributed by atoms with Gasteiger partial charge in [0.15, 0.2) is 22.7 Å². The maximum absolute atomic E-state index is 5.96. The number of thiocarbonyl (C=S) groups is 1. The van der Waals surface area contributed by atoms with Crippen LogP contribution in [0, 0.1) is 0 Å². The van der Waals surface area contributed by atoms with Gasteiger partial charge in [0.2, 0.25) is 0 Å². The maximum atomic E-state index is 5.96. The highest BCUT2D eigenvalue weighted by atomic mass is 79.9. The van der Waals surface area contributed by atoms with Crippen LogP contribution in [-0.4, -0.2) is 36.3 Å². The first kappa shape index (κ1) is 16.1. The van der Waals surface area contributed by atoms with Crippen LogP contribution >= 0.6 is 28.1 Å². The van der Waals surface area contributed by atoms with Gasteiger partial charge in [-0.15, -0.1) is 0 Å². The van der Waals surface area contributed by atoms with Gasteiger partial charge in [0.1, 0.15) is 6.61 Å². The van der Waals surface area contributed by atoms with E-state index in [4.69, 9.17) is 21.7 Å². The van der Waals surface area contributed by atoms with Crippen molar-refractivity contribution in [3.8, 4) is 11.5 Å². The molecule has 1 heterocycles. The second-order valence-electron chi connectivity index (χ2n) is 5.32. The number of halogens is 1. The van der Waals surface area contributed by atoms with Gasteiger partial charge in [-0.1, -0.05) is 34.1 Å². The molecule has 0 fully saturated rings. The summed E-state index contributed by atoms with van der Waals surface area (Å²) in [6.45, 7) is 1.16. The second kappa shape index (κ2) is 7.19. The fraction of sp³-hybridized carbons (Fsp3) is 0.235. The fourth-order valence-electron chi connectivity index (χ4n) is 2.33. The van der Waals surface area contributed by atoms with Gasteiger partial charge in [0.05, 0.1) is 6.54 Å². The quantitative estimate of drug-likeness (QED) is 0.800. The molecule has 2 aromatic carbocycles. The Morgan fingerprint density at radius 1 is 1.26 bits per heavy atom. The van der Waals surface area contributed by atoms with Crippen LogP contribution in [-0.2, 0) is 0 Å². The molecular weight excluding hydrogens is 376 g/mol. The molecule has 6 heteroatoms. The SMILES string of the molecule is CN(C[C@H]1COc2ccccc2O1)C(=S)Nc1cccc(Br)c1. The first-order valence-electron chi connectivity index (χ1n) is 7.28. The lowest BCUT2D eigenvalue weighted by atomic mass is 10.2. The molecule has 0 amide bonds. The van der Waals surface area contributed by atoms with Crippen molar-refractivity contribution in [3.05, 3.63) is 53.0 Å². The Hall–Kier alpha value is -1.79. The molecule has 0 aromatic heterocycles. The summed E-state index contributed by atoms with van der Waals surface area (Å²) in [5, 5.41) is 3.87. The van der Waals surface area contributed by atoms with Crippen molar-refractivity contribution in [2.75, 3.05) is 25.5 Å². The van der Waals surface area contributed by atoms with Crippen molar-refractivity contribution in [2.45, 2.75) is 6.10 Å². The molecule has 1 aliphatic heterocycles. The number of fused-ring (bicyclic) bond motifs is 1. The van der Waals surface area contributed by atoms with Gasteiger partial charge in [-0.2, -0.15) is 0 Å². The van der Waals surface area contributed by atoms with Gasteiger partial charge in [0.25, 0.3) is 0 Å². The lowest BCUT2D eigenvalue weighted by Crippen LogP contribution is -2.43. The normalized spacial score (nSPS) is 15.8. The Bertz CT molecular complexity index is 710. The predicted octanol–water partition coefficient (Wildman–Crippen LogP) is 3.92. The summed E-state index contributed by atoms with van der Waals surface area (Å²) in [6, 6.07) is 15.6. The minimum atomic E-state index is -0.0582. The molecule has 0 saturated heterocycles. The van der Waals surface area contributed by atoms with Gasteiger partial charge in [-0.3, -0.25) is 0 Å². The molecule has 4 nitrogen and oxygen atoms in total. The number of hydrogen-bond donors (Lipinski definition) is 1. The third-order valence-corrected chi connectivity index (χ3v) is 4.37. The highest BCUT2D eigenvalue weighted by Crippen LogP contribution is 2.31. The number of para-hydroxylation sites is 2. The van der Waals surface area contributed by atoms with Gasteiger partial charge >= 0.3 is 0 Å². The lowest BCUT2D eigenvalue weighted by Gasteiger charge is -2.30. The van der Waals surface area contributed by atoms with Crippen molar-refractivity contribution < 1.29 is 9.47 Å². The van der Waals surface area contributed by atoms with E-state index < -0.39 is 0 Å². The minimum absolute atomic E-state index is 0.0582. The zero-order chi connectivity index (χ0) is 16.2. The molecular formula is C17H17BrN2O2S. The standard InChI is InChI=1S/C17H17BrN2O2S/c1-20(17(23)19-13-6-4-5-12(18)9-13)10-14-11-21-15-7-2-3-8-16(15)22-14/h2-9,14H,10-11H2,1H3,(H,19,23)/t14-/m0/s1. The molecule has 23 heavy (non-hydrogen) atoms. The van der Waals surface area contributed by atoms with E-state index in [1.807, 2.05) is 60.5 Å². The highest BCUT2D eigenvalue weighted by molar-refractivity contribution is 9.10. The lowest BCUT2D eigenvalue weighted by molar-refractivity contribution is 0.0784. The second-order valence-corrected chi connectivity index (χ2v) is 6.62. The number of ether oxygens (including phenoxy) is 2. The van der Waals surface area contributed by atoms with E-state index in [9.17, 15) is 0 Å². The Kier molecular flexibility index (Phi) is 5.03. The molecule has 0 spiro atoms. The van der Waals surface area contributed by atoms with E-state index in [0.29, 0.717) is 18.3 Å². The fourth-order valence-corrected chi connectivity index (χ4v) is 2.92. The van der Waals surface area contributed by atoms with Gasteiger partial charge in [-0.05, 0) is 42.5 Å². The average molecular weight is 393 g/mol. The zero-order valence-corrected chi connectivity index (χ0v) is 15.1. The van der Waals surface area contributed by atoms with Crippen LogP contribution in [0.2, 0.25) is 0 Å². The molecule has 0 aliphatic carbocycles. The summed E-state index contributed by atoms with van der Waals surface area (Å²) in [5.41, 5.74) is 0.947. The van der Waals surface area contributed by atoms with Gasteiger partial charge in [0, 0.05) is 17.2 Å². The number of rotatable bonds is 3. The first-order chi connectivity index (χ1) is 11.1. The molecule has 1 atom stereocenters. The van der Waals surface area contributed by atoms with Crippen LogP contribution in [0.15, 0.2) is 53.0 Å². The summed E-state index contributed by atoms with van der Waals surface area (Å²) in [5.74, 6) is 1.57. The molecule has 120 valence electrons. The monoisotopic (exact) mass is 392 g/mol. The van der Waals surface area contributed by atoms with Crippen LogP contribution in [0.4, 0.5) is 5.69 Å². The Labute approximate surface area is 149 Å². The van der Waals surface area contributed by atoms with Crippen LogP contribution in [0.5, 0.6) is 11.5 Å². The first-order valence-corrected chi connectivity index (χ1v) is 8.48. The van der Waals surface area contributed by atoms with Gasteiger partial charge in [-0.25, -0.2) is 0 Å². The van der Waals surface area contributed by atoms with E-state index in [0.717, 1.165) is 21.7 Å². The van der Waals surface area contributed by atoms with Crippen LogP contribution in [0.3, 0.4) is 0 Å². The highest BCUT2D eigenvalue weighted by Gasteiger charge is 2.22. The largest absolute Gasteiger partial charge is 0.486 e. The van der Waals surface area contributed by atoms with Crippen molar-refractivity contribution in [2.24, 2.45) is 0 Å². The molecule has 1 N–H and O–H groups in total. The summed E-state index contributed by atoms with van der Waals surface area (Å²) in [6.07, 6.45) is -0.0582. The Morgan fingerprint density at radius 2 is 2.04 bits per heavy atom. The number of hydrogen-bond acceptors (Lipinski definition) is 3. The van der Waals surface area contributed by atoms with E-state index in [1.165, 1.54) is 0 Å². The van der Waals surface area contributed by atoms with Crippen LogP contribution in [0.25, 0.3) is 0 Å². The topological polar surface area (TPSA) is 33.7 Å². The number of anilines is 1. The van der Waals surface area contributed by atoms with E-state index in [2.05, 4.69) is 21.2 Å². The molecule has 0 saturated carbocycles. The van der Waals surface area contributed by atoms with Crippen molar-refractivity contribution in [3.63, 3.8) is 0 Å². The maximum Gasteiger partial charge on any atom is 0.173 e. The van der Waals surface area contributed by atoms with Gasteiger partial charge < -0.3 is 19.7 Å². The zero-order valence-electron chi connectivity index (χ0n) is 12.7. The van der Waals surface area contributed by atoms with E-state index in [-0.39, 0.29) is 6.10 Å². The third-order valence-electron chi connectivity index (χ3n) is 3.47. The Balaban J connectivity index is 1.57. The smallest absolute Gasteiger partial charge is 0.173 e.